The molecule has 2 aromatic rings. The number of hydrogen-bond acceptors (Lipinski definition) is 2. The molecule has 4 heteroatoms. The topological polar surface area (TPSA) is 66.4 Å². The zero-order chi connectivity index (χ0) is 13.8. The average molecular weight is 255 g/mol. The number of aromatic carboxylic acids is 1. The van der Waals surface area contributed by atoms with Gasteiger partial charge in [-0.3, -0.25) is 4.79 Å². The van der Waals surface area contributed by atoms with Crippen molar-refractivity contribution in [2.75, 3.05) is 5.32 Å². The van der Waals surface area contributed by atoms with E-state index in [4.69, 9.17) is 0 Å². The number of anilines is 1. The zero-order valence-electron chi connectivity index (χ0n) is 10.4. The van der Waals surface area contributed by atoms with Crippen molar-refractivity contribution in [3.05, 3.63) is 54.1 Å². The fraction of sp³-hybridized carbons (Fsp3) is 0.0667. The van der Waals surface area contributed by atoms with Crippen LogP contribution in [-0.2, 0) is 4.79 Å². The van der Waals surface area contributed by atoms with Crippen molar-refractivity contribution in [2.24, 2.45) is 0 Å². The molecule has 0 saturated heterocycles. The molecule has 4 nitrogen and oxygen atoms in total. The molecule has 2 N–H and O–H groups in total. The molecule has 0 saturated carbocycles. The summed E-state index contributed by atoms with van der Waals surface area (Å²) < 4.78 is 0. The summed E-state index contributed by atoms with van der Waals surface area (Å²) in [6, 6.07) is 14.0. The van der Waals surface area contributed by atoms with Crippen molar-refractivity contribution >= 4 is 17.6 Å². The van der Waals surface area contributed by atoms with Crippen LogP contribution >= 0.6 is 0 Å². The maximum absolute atomic E-state index is 11.2. The molecule has 96 valence electrons. The van der Waals surface area contributed by atoms with Crippen molar-refractivity contribution in [1.29, 1.82) is 0 Å². The van der Waals surface area contributed by atoms with Gasteiger partial charge >= 0.3 is 5.97 Å². The van der Waals surface area contributed by atoms with Gasteiger partial charge in [0.05, 0.1) is 5.56 Å². The molecule has 0 aliphatic carbocycles. The minimum atomic E-state index is -0.992. The van der Waals surface area contributed by atoms with Crippen LogP contribution in [0.25, 0.3) is 11.1 Å². The highest BCUT2D eigenvalue weighted by Gasteiger charge is 2.12. The van der Waals surface area contributed by atoms with Crippen LogP contribution in [0.4, 0.5) is 5.69 Å². The Bertz CT molecular complexity index is 621. The zero-order valence-corrected chi connectivity index (χ0v) is 10.4. The van der Waals surface area contributed by atoms with Gasteiger partial charge in [0, 0.05) is 12.6 Å². The molecule has 0 spiro atoms. The summed E-state index contributed by atoms with van der Waals surface area (Å²) in [4.78, 5) is 22.3. The van der Waals surface area contributed by atoms with Crippen molar-refractivity contribution in [3.63, 3.8) is 0 Å². The third kappa shape index (κ3) is 2.98. The van der Waals surface area contributed by atoms with Gasteiger partial charge in [-0.2, -0.15) is 0 Å². The molecule has 0 atom stereocenters. The van der Waals surface area contributed by atoms with Crippen LogP contribution in [0.3, 0.4) is 0 Å². The number of carbonyl (C=O) groups is 2. The third-order valence-corrected chi connectivity index (χ3v) is 2.66. The van der Waals surface area contributed by atoms with E-state index in [-0.39, 0.29) is 11.5 Å². The van der Waals surface area contributed by atoms with Gasteiger partial charge in [0.15, 0.2) is 0 Å². The second-order valence-corrected chi connectivity index (χ2v) is 4.11. The first-order chi connectivity index (χ1) is 9.08. The summed E-state index contributed by atoms with van der Waals surface area (Å²) in [7, 11) is 0. The molecule has 2 aromatic carbocycles. The predicted octanol–water partition coefficient (Wildman–Crippen LogP) is 3.01. The highest BCUT2D eigenvalue weighted by molar-refractivity contribution is 5.98. The lowest BCUT2D eigenvalue weighted by molar-refractivity contribution is -0.114. The van der Waals surface area contributed by atoms with Crippen LogP contribution in [0.15, 0.2) is 48.5 Å². The third-order valence-electron chi connectivity index (χ3n) is 2.66. The van der Waals surface area contributed by atoms with E-state index < -0.39 is 5.97 Å². The first-order valence-corrected chi connectivity index (χ1v) is 5.78. The van der Waals surface area contributed by atoms with Crippen LogP contribution < -0.4 is 5.32 Å². The van der Waals surface area contributed by atoms with E-state index >= 15 is 0 Å². The van der Waals surface area contributed by atoms with Crippen LogP contribution in [0.5, 0.6) is 0 Å². The van der Waals surface area contributed by atoms with Crippen LogP contribution in [0.2, 0.25) is 0 Å². The van der Waals surface area contributed by atoms with E-state index in [1.807, 2.05) is 30.3 Å². The normalized spacial score (nSPS) is 9.95. The lowest BCUT2D eigenvalue weighted by Crippen LogP contribution is -2.07. The Morgan fingerprint density at radius 2 is 1.74 bits per heavy atom. The van der Waals surface area contributed by atoms with E-state index in [1.165, 1.54) is 13.0 Å². The smallest absolute Gasteiger partial charge is 0.336 e. The standard InChI is InChI=1S/C15H13NO3/c1-10(17)16-12-7-8-13(15(18)19)14(9-12)11-5-3-2-4-6-11/h2-9H,1H3,(H,16,17)(H,18,19). The molecular formula is C15H13NO3. The molecule has 19 heavy (non-hydrogen) atoms. The number of carboxylic acids is 1. The maximum Gasteiger partial charge on any atom is 0.336 e. The summed E-state index contributed by atoms with van der Waals surface area (Å²) in [5, 5.41) is 11.9. The number of nitrogens with one attached hydrogen (secondary N) is 1. The summed E-state index contributed by atoms with van der Waals surface area (Å²) in [6.07, 6.45) is 0. The first kappa shape index (κ1) is 12.8. The quantitative estimate of drug-likeness (QED) is 0.885. The molecule has 0 aliphatic rings. The van der Waals surface area contributed by atoms with E-state index in [9.17, 15) is 14.7 Å². The maximum atomic E-state index is 11.2. The molecule has 1 amide bonds. The van der Waals surface area contributed by atoms with Crippen LogP contribution in [0, 0.1) is 0 Å². The van der Waals surface area contributed by atoms with Crippen molar-refractivity contribution in [1.82, 2.24) is 0 Å². The van der Waals surface area contributed by atoms with E-state index in [0.29, 0.717) is 11.3 Å². The molecule has 0 bridgehead atoms. The van der Waals surface area contributed by atoms with Crippen LogP contribution in [-0.4, -0.2) is 17.0 Å². The minimum absolute atomic E-state index is 0.193. The highest BCUT2D eigenvalue weighted by atomic mass is 16.4. The Kier molecular flexibility index (Phi) is 3.61. The van der Waals surface area contributed by atoms with Gasteiger partial charge in [-0.1, -0.05) is 30.3 Å². The summed E-state index contributed by atoms with van der Waals surface area (Å²) in [5.74, 6) is -1.18. The van der Waals surface area contributed by atoms with E-state index in [2.05, 4.69) is 5.32 Å². The number of amides is 1. The lowest BCUT2D eigenvalue weighted by Gasteiger charge is -2.09. The number of rotatable bonds is 3. The van der Waals surface area contributed by atoms with Crippen LogP contribution in [0.1, 0.15) is 17.3 Å². The fourth-order valence-corrected chi connectivity index (χ4v) is 1.87. The monoisotopic (exact) mass is 255 g/mol. The Labute approximate surface area is 110 Å². The lowest BCUT2D eigenvalue weighted by atomic mass is 9.99. The number of carboxylic acid groups (broad SMARTS) is 1. The van der Waals surface area contributed by atoms with E-state index in [1.54, 1.807) is 12.1 Å². The predicted molar refractivity (Wildman–Crippen MR) is 73.1 cm³/mol. The highest BCUT2D eigenvalue weighted by Crippen LogP contribution is 2.27. The van der Waals surface area contributed by atoms with Crippen molar-refractivity contribution < 1.29 is 14.7 Å². The van der Waals surface area contributed by atoms with Gasteiger partial charge in [0.25, 0.3) is 0 Å². The average Bonchev–Trinajstić information content (AvgIpc) is 2.38. The molecule has 0 aliphatic heterocycles. The van der Waals surface area contributed by atoms with Gasteiger partial charge in [-0.05, 0) is 29.3 Å². The Balaban J connectivity index is 2.54. The second kappa shape index (κ2) is 5.35. The van der Waals surface area contributed by atoms with Gasteiger partial charge in [-0.25, -0.2) is 4.79 Å². The Hall–Kier alpha value is -2.62. The molecule has 2 rings (SSSR count). The summed E-state index contributed by atoms with van der Waals surface area (Å²) >= 11 is 0. The molecule has 0 heterocycles. The number of benzene rings is 2. The molecule has 0 unspecified atom stereocenters. The Morgan fingerprint density at radius 1 is 1.05 bits per heavy atom. The largest absolute Gasteiger partial charge is 0.478 e. The van der Waals surface area contributed by atoms with Gasteiger partial charge in [0.2, 0.25) is 5.91 Å². The van der Waals surface area contributed by atoms with Crippen molar-refractivity contribution in [2.45, 2.75) is 6.92 Å². The number of carbonyl (C=O) groups excluding carboxylic acids is 1. The van der Waals surface area contributed by atoms with E-state index in [0.717, 1.165) is 5.56 Å². The SMILES string of the molecule is CC(=O)Nc1ccc(C(=O)O)c(-c2ccccc2)c1. The molecular weight excluding hydrogens is 242 g/mol. The van der Waals surface area contributed by atoms with Crippen molar-refractivity contribution in [3.8, 4) is 11.1 Å². The molecule has 0 aromatic heterocycles. The molecule has 0 radical (unpaired) electrons. The van der Waals surface area contributed by atoms with Gasteiger partial charge in [0.1, 0.15) is 0 Å². The minimum Gasteiger partial charge on any atom is -0.478 e. The summed E-state index contributed by atoms with van der Waals surface area (Å²) in [5.41, 5.74) is 2.17. The molecule has 0 fully saturated rings. The second-order valence-electron chi connectivity index (χ2n) is 4.11. The fourth-order valence-electron chi connectivity index (χ4n) is 1.87. The van der Waals surface area contributed by atoms with Gasteiger partial charge in [-0.15, -0.1) is 0 Å². The summed E-state index contributed by atoms with van der Waals surface area (Å²) in [6.45, 7) is 1.41. The number of hydrogen-bond donors (Lipinski definition) is 2. The first-order valence-electron chi connectivity index (χ1n) is 5.78. The van der Waals surface area contributed by atoms with Gasteiger partial charge < -0.3 is 10.4 Å². The Morgan fingerprint density at radius 3 is 2.32 bits per heavy atom.